The first kappa shape index (κ1) is 19.4. The minimum absolute atomic E-state index is 0.169. The minimum Gasteiger partial charge on any atom is -0.276 e. The van der Waals surface area contributed by atoms with Crippen LogP contribution in [0, 0.1) is 0 Å². The van der Waals surface area contributed by atoms with Crippen LogP contribution in [-0.4, -0.2) is 26.3 Å². The zero-order valence-corrected chi connectivity index (χ0v) is 13.2. The highest BCUT2D eigenvalue weighted by Crippen LogP contribution is 2.22. The van der Waals surface area contributed by atoms with E-state index < -0.39 is 34.4 Å². The zero-order chi connectivity index (χ0) is 17.5. The zero-order valence-electron chi connectivity index (χ0n) is 12.4. The Balaban J connectivity index is 2.48. The molecule has 9 heteroatoms. The van der Waals surface area contributed by atoms with Gasteiger partial charge >= 0.3 is 22.3 Å². The van der Waals surface area contributed by atoms with Gasteiger partial charge in [-0.1, -0.05) is 29.5 Å². The van der Waals surface area contributed by atoms with Crippen LogP contribution >= 0.6 is 0 Å². The SMILES string of the molecule is CCc1ccccc1C(=O)OOS(=O)(=O)CCCCC(F)(F)F. The van der Waals surface area contributed by atoms with Crippen LogP contribution in [0.25, 0.3) is 0 Å². The lowest BCUT2D eigenvalue weighted by Crippen LogP contribution is -2.16. The summed E-state index contributed by atoms with van der Waals surface area (Å²) in [6.07, 6.45) is -5.47. The molecule has 0 fully saturated rings. The van der Waals surface area contributed by atoms with Crippen molar-refractivity contribution in [3.8, 4) is 0 Å². The van der Waals surface area contributed by atoms with Crippen LogP contribution in [0.5, 0.6) is 0 Å². The number of aryl methyl sites for hydroxylation is 1. The summed E-state index contributed by atoms with van der Waals surface area (Å²) in [4.78, 5) is 16.1. The molecule has 0 heterocycles. The molecule has 0 aromatic heterocycles. The van der Waals surface area contributed by atoms with Gasteiger partial charge in [-0.2, -0.15) is 21.6 Å². The van der Waals surface area contributed by atoms with Crippen LogP contribution < -0.4 is 0 Å². The van der Waals surface area contributed by atoms with Gasteiger partial charge < -0.3 is 0 Å². The maximum Gasteiger partial charge on any atom is 0.389 e. The van der Waals surface area contributed by atoms with Crippen molar-refractivity contribution in [1.82, 2.24) is 0 Å². The van der Waals surface area contributed by atoms with Gasteiger partial charge in [-0.25, -0.2) is 4.79 Å². The molecule has 0 N–H and O–H groups in total. The summed E-state index contributed by atoms with van der Waals surface area (Å²) < 4.78 is 62.9. The summed E-state index contributed by atoms with van der Waals surface area (Å²) >= 11 is 0. The van der Waals surface area contributed by atoms with Crippen LogP contribution in [0.1, 0.15) is 42.1 Å². The Morgan fingerprint density at radius 3 is 2.43 bits per heavy atom. The van der Waals surface area contributed by atoms with Crippen molar-refractivity contribution in [2.45, 2.75) is 38.8 Å². The maximum absolute atomic E-state index is 11.9. The molecule has 0 bridgehead atoms. The number of hydrogen-bond acceptors (Lipinski definition) is 5. The third-order valence-electron chi connectivity index (χ3n) is 2.94. The third-order valence-corrected chi connectivity index (χ3v) is 4.00. The highest BCUT2D eigenvalue weighted by molar-refractivity contribution is 7.86. The van der Waals surface area contributed by atoms with E-state index >= 15 is 0 Å². The molecule has 1 rings (SSSR count). The van der Waals surface area contributed by atoms with Crippen molar-refractivity contribution < 1.29 is 35.6 Å². The van der Waals surface area contributed by atoms with E-state index in [1.807, 2.05) is 6.92 Å². The second kappa shape index (κ2) is 8.30. The average molecular weight is 354 g/mol. The number of carbonyl (C=O) groups is 1. The number of carbonyl (C=O) groups excluding carboxylic acids is 1. The van der Waals surface area contributed by atoms with Crippen molar-refractivity contribution in [3.63, 3.8) is 0 Å². The normalized spacial score (nSPS) is 12.2. The molecule has 130 valence electrons. The van der Waals surface area contributed by atoms with Crippen LogP contribution in [-0.2, 0) is 25.8 Å². The quantitative estimate of drug-likeness (QED) is 0.407. The van der Waals surface area contributed by atoms with Crippen LogP contribution in [0.2, 0.25) is 0 Å². The highest BCUT2D eigenvalue weighted by Gasteiger charge is 2.26. The van der Waals surface area contributed by atoms with Gasteiger partial charge in [-0.05, 0) is 30.9 Å². The molecule has 1 aromatic carbocycles. The molecule has 1 aromatic rings. The molecule has 0 aliphatic heterocycles. The first-order valence-electron chi connectivity index (χ1n) is 6.92. The van der Waals surface area contributed by atoms with Gasteiger partial charge in [-0.3, -0.25) is 4.89 Å². The van der Waals surface area contributed by atoms with Crippen molar-refractivity contribution in [2.24, 2.45) is 0 Å². The lowest BCUT2D eigenvalue weighted by atomic mass is 10.1. The van der Waals surface area contributed by atoms with Crippen molar-refractivity contribution in [2.75, 3.05) is 5.75 Å². The molecule has 0 spiro atoms. The average Bonchev–Trinajstić information content (AvgIpc) is 2.48. The number of rotatable bonds is 8. The molecule has 0 aliphatic carbocycles. The van der Waals surface area contributed by atoms with Gasteiger partial charge in [0.15, 0.2) is 0 Å². The Labute approximate surface area is 132 Å². The van der Waals surface area contributed by atoms with Gasteiger partial charge in [-0.15, -0.1) is 0 Å². The number of hydrogen-bond donors (Lipinski definition) is 0. The fourth-order valence-electron chi connectivity index (χ4n) is 1.79. The Kier molecular flexibility index (Phi) is 7.01. The molecule has 0 amide bonds. The van der Waals surface area contributed by atoms with Crippen LogP contribution in [0.3, 0.4) is 0 Å². The number of unbranched alkanes of at least 4 members (excludes halogenated alkanes) is 1. The Bertz CT molecular complexity index is 626. The lowest BCUT2D eigenvalue weighted by Gasteiger charge is -2.08. The standard InChI is InChI=1S/C14H17F3O5S/c1-2-11-7-3-4-8-12(11)13(18)21-22-23(19,20)10-6-5-9-14(15,16)17/h3-4,7-8H,2,5-6,9-10H2,1H3. The second-order valence-electron chi connectivity index (χ2n) is 4.78. The van der Waals surface area contributed by atoms with Crippen LogP contribution in [0.4, 0.5) is 13.2 Å². The fourth-order valence-corrected chi connectivity index (χ4v) is 2.58. The summed E-state index contributed by atoms with van der Waals surface area (Å²) in [5, 5.41) is 0. The van der Waals surface area contributed by atoms with Gasteiger partial charge in [0.05, 0.1) is 11.3 Å². The van der Waals surface area contributed by atoms with Crippen molar-refractivity contribution in [3.05, 3.63) is 35.4 Å². The van der Waals surface area contributed by atoms with E-state index in [1.165, 1.54) is 6.07 Å². The Morgan fingerprint density at radius 1 is 1.17 bits per heavy atom. The summed E-state index contributed by atoms with van der Waals surface area (Å²) in [5.41, 5.74) is 0.825. The van der Waals surface area contributed by atoms with E-state index in [-0.39, 0.29) is 18.4 Å². The molecule has 0 saturated carbocycles. The summed E-state index contributed by atoms with van der Waals surface area (Å²) in [6, 6.07) is 6.44. The first-order valence-corrected chi connectivity index (χ1v) is 8.50. The highest BCUT2D eigenvalue weighted by atomic mass is 32.2. The first-order chi connectivity index (χ1) is 10.6. The van der Waals surface area contributed by atoms with E-state index in [9.17, 15) is 26.4 Å². The van der Waals surface area contributed by atoms with Crippen LogP contribution in [0.15, 0.2) is 24.3 Å². The molecule has 0 atom stereocenters. The van der Waals surface area contributed by atoms with E-state index in [0.29, 0.717) is 12.0 Å². The topological polar surface area (TPSA) is 69.7 Å². The second-order valence-corrected chi connectivity index (χ2v) is 6.44. The van der Waals surface area contributed by atoms with Crippen molar-refractivity contribution >= 4 is 16.1 Å². The summed E-state index contributed by atoms with van der Waals surface area (Å²) in [6.45, 7) is 1.81. The maximum atomic E-state index is 11.9. The van der Waals surface area contributed by atoms with E-state index in [1.54, 1.807) is 18.2 Å². The minimum atomic E-state index is -4.33. The van der Waals surface area contributed by atoms with Gasteiger partial charge in [0.1, 0.15) is 0 Å². The Morgan fingerprint density at radius 2 is 1.83 bits per heavy atom. The van der Waals surface area contributed by atoms with Gasteiger partial charge in [0.25, 0.3) is 0 Å². The monoisotopic (exact) mass is 354 g/mol. The van der Waals surface area contributed by atoms with E-state index in [0.717, 1.165) is 0 Å². The molecule has 23 heavy (non-hydrogen) atoms. The summed E-state index contributed by atoms with van der Waals surface area (Å²) in [5.74, 6) is -1.63. The predicted molar refractivity (Wildman–Crippen MR) is 76.0 cm³/mol. The fraction of sp³-hybridized carbons (Fsp3) is 0.500. The van der Waals surface area contributed by atoms with E-state index in [2.05, 4.69) is 9.22 Å². The number of alkyl halides is 3. The van der Waals surface area contributed by atoms with E-state index in [4.69, 9.17) is 0 Å². The van der Waals surface area contributed by atoms with Crippen molar-refractivity contribution in [1.29, 1.82) is 0 Å². The van der Waals surface area contributed by atoms with Gasteiger partial charge in [0, 0.05) is 6.42 Å². The molecule has 0 radical (unpaired) electrons. The molecular weight excluding hydrogens is 337 g/mol. The predicted octanol–water partition coefficient (Wildman–Crippen LogP) is 3.40. The largest absolute Gasteiger partial charge is 0.389 e. The van der Waals surface area contributed by atoms with Gasteiger partial charge in [0.2, 0.25) is 0 Å². The Hall–Kier alpha value is -1.61. The molecular formula is C14H17F3O5S. The molecule has 0 saturated heterocycles. The number of benzene rings is 1. The molecule has 0 aliphatic rings. The summed E-state index contributed by atoms with van der Waals surface area (Å²) in [7, 11) is -4.23. The number of halogens is 3. The molecule has 0 unspecified atom stereocenters. The molecule has 5 nitrogen and oxygen atoms in total. The third kappa shape index (κ3) is 7.47. The lowest BCUT2D eigenvalue weighted by molar-refractivity contribution is -0.144. The smallest absolute Gasteiger partial charge is 0.276 e.